The van der Waals surface area contributed by atoms with Gasteiger partial charge in [0.25, 0.3) is 0 Å². The molecule has 0 aliphatic carbocycles. The Bertz CT molecular complexity index is 1140. The van der Waals surface area contributed by atoms with E-state index >= 15 is 0 Å². The third kappa shape index (κ3) is 5.28. The summed E-state index contributed by atoms with van der Waals surface area (Å²) in [5, 5.41) is 4.82. The zero-order valence-electron chi connectivity index (χ0n) is 19.4. The minimum Gasteiger partial charge on any atom is -0.361 e. The second-order valence-corrected chi connectivity index (χ2v) is 12.6. The SMILES string of the molecule is CCS(=O)(=O)N1CCC(c2c[nH]c3ccc(-c4ccc(CNCCC(C)C)s4)cc23)CC1. The largest absolute Gasteiger partial charge is 0.361 e. The van der Waals surface area contributed by atoms with E-state index in [1.54, 1.807) is 11.2 Å². The molecule has 0 amide bonds. The van der Waals surface area contributed by atoms with Crippen molar-refractivity contribution in [2.75, 3.05) is 25.4 Å². The number of hydrogen-bond acceptors (Lipinski definition) is 4. The van der Waals surface area contributed by atoms with E-state index in [0.717, 1.165) is 37.4 Å². The molecular weight excluding hydrogens is 438 g/mol. The van der Waals surface area contributed by atoms with Gasteiger partial charge in [-0.3, -0.25) is 0 Å². The molecule has 32 heavy (non-hydrogen) atoms. The van der Waals surface area contributed by atoms with Gasteiger partial charge >= 0.3 is 0 Å². The number of fused-ring (bicyclic) bond motifs is 1. The molecule has 1 saturated heterocycles. The van der Waals surface area contributed by atoms with Crippen molar-refractivity contribution >= 4 is 32.3 Å². The summed E-state index contributed by atoms with van der Waals surface area (Å²) in [7, 11) is -3.09. The van der Waals surface area contributed by atoms with Gasteiger partial charge in [0.2, 0.25) is 10.0 Å². The molecule has 1 aliphatic rings. The van der Waals surface area contributed by atoms with Crippen LogP contribution in [0.1, 0.15) is 56.4 Å². The summed E-state index contributed by atoms with van der Waals surface area (Å²) in [6, 6.07) is 11.1. The highest BCUT2D eigenvalue weighted by Crippen LogP contribution is 2.37. The Kier molecular flexibility index (Phi) is 7.40. The lowest BCUT2D eigenvalue weighted by Crippen LogP contribution is -2.38. The van der Waals surface area contributed by atoms with Crippen LogP contribution >= 0.6 is 11.3 Å². The van der Waals surface area contributed by atoms with E-state index in [9.17, 15) is 8.42 Å². The topological polar surface area (TPSA) is 65.2 Å². The van der Waals surface area contributed by atoms with Gasteiger partial charge < -0.3 is 10.3 Å². The van der Waals surface area contributed by atoms with Crippen LogP contribution in [0.5, 0.6) is 0 Å². The monoisotopic (exact) mass is 473 g/mol. The number of aromatic nitrogens is 1. The highest BCUT2D eigenvalue weighted by molar-refractivity contribution is 7.89. The molecule has 0 bridgehead atoms. The molecule has 0 atom stereocenters. The van der Waals surface area contributed by atoms with E-state index in [0.29, 0.717) is 19.0 Å². The Morgan fingerprint density at radius 2 is 1.97 bits per heavy atom. The quantitative estimate of drug-likeness (QED) is 0.400. The molecule has 0 saturated carbocycles. The van der Waals surface area contributed by atoms with E-state index < -0.39 is 10.0 Å². The van der Waals surface area contributed by atoms with Crippen LogP contribution in [0.3, 0.4) is 0 Å². The number of piperidine rings is 1. The second-order valence-electron chi connectivity index (χ2n) is 9.20. The van der Waals surface area contributed by atoms with Crippen molar-refractivity contribution in [1.82, 2.24) is 14.6 Å². The molecule has 3 aromatic rings. The second kappa shape index (κ2) is 10.1. The van der Waals surface area contributed by atoms with Gasteiger partial charge in [-0.25, -0.2) is 12.7 Å². The van der Waals surface area contributed by atoms with E-state index in [1.807, 2.05) is 11.3 Å². The highest BCUT2D eigenvalue weighted by atomic mass is 32.2. The Balaban J connectivity index is 1.47. The molecule has 2 aromatic heterocycles. The number of rotatable bonds is 9. The molecule has 5 nitrogen and oxygen atoms in total. The number of thiophene rings is 1. The van der Waals surface area contributed by atoms with Gasteiger partial charge in [-0.05, 0) is 80.0 Å². The van der Waals surface area contributed by atoms with Gasteiger partial charge in [-0.15, -0.1) is 11.3 Å². The number of aromatic amines is 1. The molecule has 4 rings (SSSR count). The van der Waals surface area contributed by atoms with Crippen molar-refractivity contribution in [1.29, 1.82) is 0 Å². The molecule has 1 aromatic carbocycles. The van der Waals surface area contributed by atoms with Crippen LogP contribution in [0.25, 0.3) is 21.3 Å². The standard InChI is InChI=1S/C25H35N3O2S2/c1-4-32(29,30)28-13-10-19(11-14-28)23-17-27-24-7-5-20(15-22(23)24)25-8-6-21(31-25)16-26-12-9-18(2)3/h5-8,15,17-19,26-27H,4,9-14,16H2,1-3H3. The maximum absolute atomic E-state index is 12.2. The van der Waals surface area contributed by atoms with Crippen LogP contribution in [0.15, 0.2) is 36.5 Å². The number of hydrogen-bond donors (Lipinski definition) is 2. The summed E-state index contributed by atoms with van der Waals surface area (Å²) in [6.07, 6.45) is 5.08. The maximum Gasteiger partial charge on any atom is 0.213 e. The van der Waals surface area contributed by atoms with E-state index in [4.69, 9.17) is 0 Å². The van der Waals surface area contributed by atoms with E-state index in [-0.39, 0.29) is 5.75 Å². The van der Waals surface area contributed by atoms with Crippen LogP contribution in [0, 0.1) is 5.92 Å². The van der Waals surface area contributed by atoms with Gasteiger partial charge in [0.15, 0.2) is 0 Å². The molecule has 1 aliphatic heterocycles. The van der Waals surface area contributed by atoms with Gasteiger partial charge in [0.05, 0.1) is 5.75 Å². The summed E-state index contributed by atoms with van der Waals surface area (Å²) in [6.45, 7) is 9.45. The van der Waals surface area contributed by atoms with Crippen LogP contribution in [0.4, 0.5) is 0 Å². The Hall–Kier alpha value is -1.67. The molecule has 0 unspecified atom stereocenters. The van der Waals surface area contributed by atoms with Crippen LogP contribution in [-0.2, 0) is 16.6 Å². The molecular formula is C25H35N3O2S2. The Morgan fingerprint density at radius 3 is 2.69 bits per heavy atom. The van der Waals surface area contributed by atoms with Crippen molar-refractivity contribution in [2.45, 2.75) is 52.5 Å². The van der Waals surface area contributed by atoms with Crippen LogP contribution < -0.4 is 5.32 Å². The fraction of sp³-hybridized carbons (Fsp3) is 0.520. The molecule has 3 heterocycles. The Labute approximate surface area is 196 Å². The van der Waals surface area contributed by atoms with Crippen molar-refractivity contribution in [3.8, 4) is 10.4 Å². The van der Waals surface area contributed by atoms with Gasteiger partial charge in [0.1, 0.15) is 0 Å². The lowest BCUT2D eigenvalue weighted by atomic mass is 9.89. The number of nitrogens with one attached hydrogen (secondary N) is 2. The Morgan fingerprint density at radius 1 is 1.19 bits per heavy atom. The molecule has 0 spiro atoms. The average molecular weight is 474 g/mol. The van der Waals surface area contributed by atoms with E-state index in [2.05, 4.69) is 60.7 Å². The smallest absolute Gasteiger partial charge is 0.213 e. The van der Waals surface area contributed by atoms with Gasteiger partial charge in [-0.1, -0.05) is 19.9 Å². The van der Waals surface area contributed by atoms with Crippen molar-refractivity contribution in [3.63, 3.8) is 0 Å². The van der Waals surface area contributed by atoms with Gasteiger partial charge in [-0.2, -0.15) is 0 Å². The molecule has 0 radical (unpaired) electrons. The summed E-state index contributed by atoms with van der Waals surface area (Å²) in [4.78, 5) is 6.09. The fourth-order valence-corrected chi connectivity index (χ4v) is 6.60. The average Bonchev–Trinajstić information content (AvgIpc) is 3.43. The third-order valence-electron chi connectivity index (χ3n) is 6.51. The number of sulfonamides is 1. The molecule has 7 heteroatoms. The summed E-state index contributed by atoms with van der Waals surface area (Å²) in [5.41, 5.74) is 3.73. The summed E-state index contributed by atoms with van der Waals surface area (Å²) >= 11 is 1.86. The first-order valence-electron chi connectivity index (χ1n) is 11.8. The van der Waals surface area contributed by atoms with Crippen molar-refractivity contribution in [2.24, 2.45) is 5.92 Å². The first kappa shape index (κ1) is 23.5. The molecule has 1 fully saturated rings. The predicted molar refractivity (Wildman–Crippen MR) is 136 cm³/mol. The number of benzene rings is 1. The minimum absolute atomic E-state index is 0.185. The van der Waals surface area contributed by atoms with E-state index in [1.165, 1.54) is 32.7 Å². The molecule has 174 valence electrons. The first-order valence-corrected chi connectivity index (χ1v) is 14.2. The zero-order valence-corrected chi connectivity index (χ0v) is 21.0. The van der Waals surface area contributed by atoms with Gasteiger partial charge in [0, 0.05) is 46.5 Å². The highest BCUT2D eigenvalue weighted by Gasteiger charge is 2.28. The van der Waals surface area contributed by atoms with Crippen molar-refractivity contribution < 1.29 is 8.42 Å². The van der Waals surface area contributed by atoms with Crippen LogP contribution in [-0.4, -0.2) is 43.1 Å². The number of H-pyrrole nitrogens is 1. The fourth-order valence-electron chi connectivity index (χ4n) is 4.49. The number of nitrogens with zero attached hydrogens (tertiary/aromatic N) is 1. The normalized spacial score (nSPS) is 16.4. The third-order valence-corrected chi connectivity index (χ3v) is 9.53. The minimum atomic E-state index is -3.09. The molecule has 2 N–H and O–H groups in total. The van der Waals surface area contributed by atoms with Crippen molar-refractivity contribution in [3.05, 3.63) is 47.0 Å². The lowest BCUT2D eigenvalue weighted by molar-refractivity contribution is 0.321. The lowest BCUT2D eigenvalue weighted by Gasteiger charge is -2.30. The summed E-state index contributed by atoms with van der Waals surface area (Å²) < 4.78 is 26.0. The maximum atomic E-state index is 12.2. The zero-order chi connectivity index (χ0) is 22.7. The predicted octanol–water partition coefficient (Wildman–Crippen LogP) is 5.56. The summed E-state index contributed by atoms with van der Waals surface area (Å²) in [5.74, 6) is 1.31. The van der Waals surface area contributed by atoms with Crippen LogP contribution in [0.2, 0.25) is 0 Å². The first-order chi connectivity index (χ1) is 15.4.